The molecule has 4 nitrogen and oxygen atoms in total. The van der Waals surface area contributed by atoms with E-state index in [2.05, 4.69) is 10.3 Å². The van der Waals surface area contributed by atoms with Crippen molar-refractivity contribution in [2.24, 2.45) is 0 Å². The van der Waals surface area contributed by atoms with Gasteiger partial charge in [0.1, 0.15) is 5.56 Å². The Labute approximate surface area is 107 Å². The highest BCUT2D eigenvalue weighted by Crippen LogP contribution is 2.22. The van der Waals surface area contributed by atoms with E-state index in [9.17, 15) is 4.79 Å². The predicted octanol–water partition coefficient (Wildman–Crippen LogP) is 3.30. The van der Waals surface area contributed by atoms with Crippen LogP contribution in [0.15, 0.2) is 18.5 Å². The van der Waals surface area contributed by atoms with Crippen LogP contribution in [0.5, 0.6) is 0 Å². The predicted molar refractivity (Wildman–Crippen MR) is 70.9 cm³/mol. The summed E-state index contributed by atoms with van der Waals surface area (Å²) in [5.41, 5.74) is 0.961. The van der Waals surface area contributed by atoms with Gasteiger partial charge in [0.25, 0.3) is 0 Å². The Balaban J connectivity index is 2.05. The molecule has 1 fully saturated rings. The molecule has 0 aliphatic heterocycles. The molecule has 0 radical (unpaired) electrons. The first-order valence-electron chi connectivity index (χ1n) is 6.71. The van der Waals surface area contributed by atoms with Crippen LogP contribution in [0.3, 0.4) is 0 Å². The van der Waals surface area contributed by atoms with Crippen molar-refractivity contribution in [2.45, 2.75) is 51.0 Å². The Hall–Kier alpha value is -1.58. The summed E-state index contributed by atoms with van der Waals surface area (Å²) in [6.07, 6.45) is 11.7. The van der Waals surface area contributed by atoms with E-state index in [1.165, 1.54) is 38.3 Å². The molecule has 0 saturated heterocycles. The molecular weight excluding hydrogens is 228 g/mol. The third-order valence-electron chi connectivity index (χ3n) is 3.52. The van der Waals surface area contributed by atoms with E-state index < -0.39 is 5.97 Å². The zero-order valence-corrected chi connectivity index (χ0v) is 10.6. The van der Waals surface area contributed by atoms with Crippen molar-refractivity contribution in [2.75, 3.05) is 5.32 Å². The number of pyridine rings is 1. The number of nitrogens with zero attached hydrogens (tertiary/aromatic N) is 1. The number of aromatic carboxylic acids is 1. The molecule has 0 amide bonds. The van der Waals surface area contributed by atoms with Gasteiger partial charge < -0.3 is 10.4 Å². The molecule has 0 spiro atoms. The van der Waals surface area contributed by atoms with E-state index in [1.54, 1.807) is 12.3 Å². The lowest BCUT2D eigenvalue weighted by Gasteiger charge is -2.22. The fourth-order valence-electron chi connectivity index (χ4n) is 2.51. The summed E-state index contributed by atoms with van der Waals surface area (Å²) < 4.78 is 0. The Kier molecular flexibility index (Phi) is 4.56. The summed E-state index contributed by atoms with van der Waals surface area (Å²) in [6, 6.07) is 2.15. The molecule has 4 heteroatoms. The second kappa shape index (κ2) is 6.38. The van der Waals surface area contributed by atoms with E-state index in [4.69, 9.17) is 5.11 Å². The lowest BCUT2D eigenvalue weighted by molar-refractivity contribution is 0.0697. The third kappa shape index (κ3) is 3.45. The average molecular weight is 248 g/mol. The van der Waals surface area contributed by atoms with Gasteiger partial charge in [-0.2, -0.15) is 0 Å². The van der Waals surface area contributed by atoms with Crippen molar-refractivity contribution in [3.8, 4) is 0 Å². The van der Waals surface area contributed by atoms with Crippen LogP contribution in [0.4, 0.5) is 5.69 Å². The molecule has 1 aromatic rings. The SMILES string of the molecule is O=C(O)c1cnccc1NC1CCCCCCC1. The van der Waals surface area contributed by atoms with Gasteiger partial charge >= 0.3 is 5.97 Å². The molecule has 1 aromatic heterocycles. The fraction of sp³-hybridized carbons (Fsp3) is 0.571. The second-order valence-electron chi connectivity index (χ2n) is 4.91. The summed E-state index contributed by atoms with van der Waals surface area (Å²) in [4.78, 5) is 15.0. The van der Waals surface area contributed by atoms with Crippen molar-refractivity contribution in [1.82, 2.24) is 4.98 Å². The zero-order chi connectivity index (χ0) is 12.8. The Morgan fingerprint density at radius 1 is 1.22 bits per heavy atom. The number of aromatic nitrogens is 1. The van der Waals surface area contributed by atoms with Crippen LogP contribution in [0, 0.1) is 0 Å². The highest BCUT2D eigenvalue weighted by Gasteiger charge is 2.15. The molecule has 0 aromatic carbocycles. The smallest absolute Gasteiger partial charge is 0.339 e. The van der Waals surface area contributed by atoms with E-state index in [-0.39, 0.29) is 5.56 Å². The maximum absolute atomic E-state index is 11.1. The van der Waals surface area contributed by atoms with Gasteiger partial charge in [0.2, 0.25) is 0 Å². The number of anilines is 1. The Morgan fingerprint density at radius 2 is 1.89 bits per heavy atom. The molecular formula is C14H20N2O2. The first-order chi connectivity index (χ1) is 8.77. The number of rotatable bonds is 3. The van der Waals surface area contributed by atoms with Crippen LogP contribution in [-0.2, 0) is 0 Å². The number of nitrogens with one attached hydrogen (secondary N) is 1. The first-order valence-corrected chi connectivity index (χ1v) is 6.71. The van der Waals surface area contributed by atoms with Crippen LogP contribution in [-0.4, -0.2) is 22.1 Å². The highest BCUT2D eigenvalue weighted by molar-refractivity contribution is 5.93. The van der Waals surface area contributed by atoms with Gasteiger partial charge in [-0.1, -0.05) is 32.1 Å². The second-order valence-corrected chi connectivity index (χ2v) is 4.91. The van der Waals surface area contributed by atoms with Gasteiger partial charge in [0.05, 0.1) is 5.69 Å². The van der Waals surface area contributed by atoms with E-state index >= 15 is 0 Å². The van der Waals surface area contributed by atoms with Gasteiger partial charge in [-0.25, -0.2) is 4.79 Å². The molecule has 0 bridgehead atoms. The van der Waals surface area contributed by atoms with Crippen LogP contribution in [0.25, 0.3) is 0 Å². The topological polar surface area (TPSA) is 62.2 Å². The van der Waals surface area contributed by atoms with Gasteiger partial charge in [-0.05, 0) is 18.9 Å². The highest BCUT2D eigenvalue weighted by atomic mass is 16.4. The molecule has 98 valence electrons. The lowest BCUT2D eigenvalue weighted by atomic mass is 9.96. The van der Waals surface area contributed by atoms with Crippen LogP contribution in [0.2, 0.25) is 0 Å². The molecule has 1 aliphatic carbocycles. The normalized spacial score (nSPS) is 17.8. The lowest BCUT2D eigenvalue weighted by Crippen LogP contribution is -2.22. The molecule has 1 aliphatic rings. The minimum atomic E-state index is -0.920. The first kappa shape index (κ1) is 12.9. The quantitative estimate of drug-likeness (QED) is 0.861. The number of hydrogen-bond acceptors (Lipinski definition) is 3. The van der Waals surface area contributed by atoms with Crippen molar-refractivity contribution < 1.29 is 9.90 Å². The average Bonchev–Trinajstić information content (AvgIpc) is 2.33. The van der Waals surface area contributed by atoms with E-state index in [1.807, 2.05) is 0 Å². The molecule has 0 atom stereocenters. The van der Waals surface area contributed by atoms with Crippen LogP contribution < -0.4 is 5.32 Å². The largest absolute Gasteiger partial charge is 0.478 e. The number of carbonyl (C=O) groups is 1. The van der Waals surface area contributed by atoms with Crippen LogP contribution in [0.1, 0.15) is 55.3 Å². The van der Waals surface area contributed by atoms with Crippen molar-refractivity contribution in [3.63, 3.8) is 0 Å². The number of hydrogen-bond donors (Lipinski definition) is 2. The maximum atomic E-state index is 11.1. The standard InChI is InChI=1S/C14H20N2O2/c17-14(18)12-10-15-9-8-13(12)16-11-6-4-2-1-3-5-7-11/h8-11H,1-7H2,(H,15,16)(H,17,18). The fourth-order valence-corrected chi connectivity index (χ4v) is 2.51. The molecule has 18 heavy (non-hydrogen) atoms. The van der Waals surface area contributed by atoms with Gasteiger partial charge in [0, 0.05) is 18.4 Å². The summed E-state index contributed by atoms with van der Waals surface area (Å²) in [5.74, 6) is -0.920. The van der Waals surface area contributed by atoms with Gasteiger partial charge in [0.15, 0.2) is 0 Å². The van der Waals surface area contributed by atoms with Gasteiger partial charge in [-0.3, -0.25) is 4.98 Å². The molecule has 2 N–H and O–H groups in total. The number of carboxylic acid groups (broad SMARTS) is 1. The minimum absolute atomic E-state index is 0.263. The summed E-state index contributed by atoms with van der Waals surface area (Å²) >= 11 is 0. The van der Waals surface area contributed by atoms with E-state index in [0.717, 1.165) is 12.8 Å². The summed E-state index contributed by atoms with van der Waals surface area (Å²) in [7, 11) is 0. The van der Waals surface area contributed by atoms with Crippen LogP contribution >= 0.6 is 0 Å². The monoisotopic (exact) mass is 248 g/mol. The van der Waals surface area contributed by atoms with Crippen molar-refractivity contribution >= 4 is 11.7 Å². The van der Waals surface area contributed by atoms with E-state index in [0.29, 0.717) is 11.7 Å². The number of carboxylic acids is 1. The molecule has 1 saturated carbocycles. The molecule has 1 heterocycles. The van der Waals surface area contributed by atoms with Crippen molar-refractivity contribution in [1.29, 1.82) is 0 Å². The Morgan fingerprint density at radius 3 is 2.56 bits per heavy atom. The third-order valence-corrected chi connectivity index (χ3v) is 3.52. The van der Waals surface area contributed by atoms with Gasteiger partial charge in [-0.15, -0.1) is 0 Å². The summed E-state index contributed by atoms with van der Waals surface area (Å²) in [6.45, 7) is 0. The van der Waals surface area contributed by atoms with Crippen molar-refractivity contribution in [3.05, 3.63) is 24.0 Å². The molecule has 2 rings (SSSR count). The molecule has 0 unspecified atom stereocenters. The Bertz CT molecular complexity index is 399. The zero-order valence-electron chi connectivity index (χ0n) is 10.6. The minimum Gasteiger partial charge on any atom is -0.478 e. The maximum Gasteiger partial charge on any atom is 0.339 e. The summed E-state index contributed by atoms with van der Waals surface area (Å²) in [5, 5.41) is 12.5.